The predicted molar refractivity (Wildman–Crippen MR) is 73.8 cm³/mol. The van der Waals surface area contributed by atoms with Gasteiger partial charge in [-0.05, 0) is 25.3 Å². The molecule has 0 aromatic heterocycles. The molecule has 0 heterocycles. The van der Waals surface area contributed by atoms with Gasteiger partial charge in [0.25, 0.3) is 0 Å². The normalized spacial score (nSPS) is 10.2. The Labute approximate surface area is 116 Å². The van der Waals surface area contributed by atoms with Gasteiger partial charge in [0.05, 0.1) is 12.2 Å². The molecule has 18 heavy (non-hydrogen) atoms. The van der Waals surface area contributed by atoms with Gasteiger partial charge in [-0.15, -0.1) is 23.4 Å². The molecule has 1 aromatic rings. The third-order valence-corrected chi connectivity index (χ3v) is 3.31. The van der Waals surface area contributed by atoms with Crippen molar-refractivity contribution in [3.63, 3.8) is 0 Å². The molecule has 0 aliphatic rings. The van der Waals surface area contributed by atoms with Crippen LogP contribution < -0.4 is 0 Å². The van der Waals surface area contributed by atoms with Crippen molar-refractivity contribution in [3.8, 4) is 0 Å². The van der Waals surface area contributed by atoms with Crippen LogP contribution in [0, 0.1) is 0 Å². The summed E-state index contributed by atoms with van der Waals surface area (Å²) >= 11 is 6.96. The minimum Gasteiger partial charge on any atom is -0.462 e. The maximum Gasteiger partial charge on any atom is 0.339 e. The van der Waals surface area contributed by atoms with Crippen molar-refractivity contribution in [3.05, 3.63) is 29.3 Å². The molecule has 1 rings (SSSR count). The van der Waals surface area contributed by atoms with Gasteiger partial charge in [0.1, 0.15) is 0 Å². The number of carbonyl (C=O) groups is 2. The van der Waals surface area contributed by atoms with Gasteiger partial charge in [-0.25, -0.2) is 4.79 Å². The van der Waals surface area contributed by atoms with Gasteiger partial charge in [-0.3, -0.25) is 4.79 Å². The van der Waals surface area contributed by atoms with Crippen molar-refractivity contribution in [2.45, 2.75) is 18.2 Å². The van der Waals surface area contributed by atoms with Crippen molar-refractivity contribution in [2.24, 2.45) is 0 Å². The second-order valence-corrected chi connectivity index (χ2v) is 4.72. The molecule has 0 saturated heterocycles. The van der Waals surface area contributed by atoms with Crippen LogP contribution in [-0.4, -0.2) is 30.5 Å². The van der Waals surface area contributed by atoms with E-state index in [4.69, 9.17) is 16.3 Å². The lowest BCUT2D eigenvalue weighted by molar-refractivity contribution is 0.0522. The van der Waals surface area contributed by atoms with Crippen LogP contribution >= 0.6 is 23.4 Å². The molecule has 5 heteroatoms. The first-order valence-electron chi connectivity index (χ1n) is 5.58. The first-order valence-corrected chi connectivity index (χ1v) is 7.34. The molecule has 0 saturated carbocycles. The molecule has 0 spiro atoms. The van der Waals surface area contributed by atoms with Gasteiger partial charge in [0.2, 0.25) is 0 Å². The summed E-state index contributed by atoms with van der Waals surface area (Å²) in [5.41, 5.74) is 1.07. The van der Waals surface area contributed by atoms with E-state index in [2.05, 4.69) is 0 Å². The smallest absolute Gasteiger partial charge is 0.339 e. The first kappa shape index (κ1) is 15.1. The Bertz CT molecular complexity index is 446. The lowest BCUT2D eigenvalue weighted by Gasteiger charge is -2.08. The molecule has 0 aliphatic carbocycles. The number of ether oxygens (including phenoxy) is 1. The highest BCUT2D eigenvalue weighted by Gasteiger charge is 2.14. The Balaban J connectivity index is 3.03. The minimum atomic E-state index is -0.363. The third-order valence-electron chi connectivity index (χ3n) is 2.34. The van der Waals surface area contributed by atoms with Gasteiger partial charge >= 0.3 is 5.97 Å². The van der Waals surface area contributed by atoms with E-state index >= 15 is 0 Å². The molecular weight excluding hydrogens is 272 g/mol. The fourth-order valence-electron chi connectivity index (χ4n) is 1.47. The van der Waals surface area contributed by atoms with E-state index in [0.29, 0.717) is 30.0 Å². The van der Waals surface area contributed by atoms with Crippen LogP contribution in [0.2, 0.25) is 0 Å². The summed E-state index contributed by atoms with van der Waals surface area (Å²) < 4.78 is 4.96. The monoisotopic (exact) mass is 286 g/mol. The lowest BCUT2D eigenvalue weighted by atomic mass is 10.1. The number of hydrogen-bond donors (Lipinski definition) is 0. The summed E-state index contributed by atoms with van der Waals surface area (Å²) in [4.78, 5) is 24.1. The summed E-state index contributed by atoms with van der Waals surface area (Å²) in [5.74, 6) is -0.0820. The molecule has 0 bridgehead atoms. The number of Topliss-reactive ketones (excluding diaryl/α,β-unsaturated/α-hetero) is 1. The molecule has 3 nitrogen and oxygen atoms in total. The van der Waals surface area contributed by atoms with E-state index in [9.17, 15) is 9.59 Å². The van der Waals surface area contributed by atoms with Gasteiger partial charge in [-0.2, -0.15) is 0 Å². The predicted octanol–water partition coefficient (Wildman–Crippen LogP) is 3.40. The maximum absolute atomic E-state index is 11.7. The van der Waals surface area contributed by atoms with E-state index in [0.717, 1.165) is 4.90 Å². The van der Waals surface area contributed by atoms with Crippen molar-refractivity contribution in [2.75, 3.05) is 18.7 Å². The molecule has 98 valence electrons. The molecule has 0 aliphatic heterocycles. The van der Waals surface area contributed by atoms with Crippen molar-refractivity contribution in [1.82, 2.24) is 0 Å². The zero-order chi connectivity index (χ0) is 13.5. The van der Waals surface area contributed by atoms with Gasteiger partial charge in [0.15, 0.2) is 5.78 Å². The van der Waals surface area contributed by atoms with E-state index < -0.39 is 0 Å². The number of ketones is 1. The number of hydrogen-bond acceptors (Lipinski definition) is 4. The fourth-order valence-corrected chi connectivity index (χ4v) is 2.26. The van der Waals surface area contributed by atoms with Crippen LogP contribution in [0.4, 0.5) is 0 Å². The van der Waals surface area contributed by atoms with Crippen molar-refractivity contribution < 1.29 is 14.3 Å². The van der Waals surface area contributed by atoms with Crippen LogP contribution in [0.3, 0.4) is 0 Å². The van der Waals surface area contributed by atoms with E-state index in [1.165, 1.54) is 11.8 Å². The highest BCUT2D eigenvalue weighted by atomic mass is 35.5. The lowest BCUT2D eigenvalue weighted by Crippen LogP contribution is -2.08. The first-order chi connectivity index (χ1) is 8.63. The van der Waals surface area contributed by atoms with Crippen LogP contribution in [0.1, 0.15) is 34.1 Å². The Morgan fingerprint density at radius 3 is 2.67 bits per heavy atom. The summed E-state index contributed by atoms with van der Waals surface area (Å²) in [5, 5.41) is 0. The molecular formula is C13H15ClO3S. The van der Waals surface area contributed by atoms with Crippen LogP contribution in [0.25, 0.3) is 0 Å². The molecule has 1 aromatic carbocycles. The summed E-state index contributed by atoms with van der Waals surface area (Å²) in [7, 11) is 0. The second-order valence-electron chi connectivity index (χ2n) is 3.50. The number of alkyl halides is 1. The summed E-state index contributed by atoms with van der Waals surface area (Å²) in [6, 6.07) is 4.98. The van der Waals surface area contributed by atoms with Crippen LogP contribution in [-0.2, 0) is 4.74 Å². The van der Waals surface area contributed by atoms with Crippen molar-refractivity contribution >= 4 is 35.1 Å². The van der Waals surface area contributed by atoms with Gasteiger partial charge in [-0.1, -0.05) is 6.07 Å². The largest absolute Gasteiger partial charge is 0.462 e. The zero-order valence-corrected chi connectivity index (χ0v) is 11.9. The van der Waals surface area contributed by atoms with Crippen LogP contribution in [0.15, 0.2) is 23.1 Å². The molecule has 0 fully saturated rings. The number of esters is 1. The highest BCUT2D eigenvalue weighted by molar-refractivity contribution is 7.98. The van der Waals surface area contributed by atoms with E-state index in [-0.39, 0.29) is 11.8 Å². The highest BCUT2D eigenvalue weighted by Crippen LogP contribution is 2.23. The molecule has 0 amide bonds. The third kappa shape index (κ3) is 3.75. The fraction of sp³-hybridized carbons (Fsp3) is 0.385. The second kappa shape index (κ2) is 7.44. The average molecular weight is 287 g/mol. The minimum absolute atomic E-state index is 0.0179. The summed E-state index contributed by atoms with van der Waals surface area (Å²) in [6.45, 7) is 2.09. The number of benzene rings is 1. The Morgan fingerprint density at radius 2 is 2.11 bits per heavy atom. The Hall–Kier alpha value is -1.00. The molecule has 0 radical (unpaired) electrons. The average Bonchev–Trinajstić information content (AvgIpc) is 2.38. The quantitative estimate of drug-likeness (QED) is 0.348. The number of thioether (sulfide) groups is 1. The Morgan fingerprint density at radius 1 is 1.39 bits per heavy atom. The number of carbonyl (C=O) groups excluding carboxylic acids is 2. The molecule has 0 N–H and O–H groups in total. The Kier molecular flexibility index (Phi) is 6.22. The van der Waals surface area contributed by atoms with Gasteiger partial charge in [0, 0.05) is 22.8 Å². The SMILES string of the molecule is CCOC(=O)c1ccc(C(=O)CCCl)cc1SC. The standard InChI is InChI=1S/C13H15ClO3S/c1-3-17-13(16)10-5-4-9(8-12(10)18-2)11(15)6-7-14/h4-5,8H,3,6-7H2,1-2H3. The maximum atomic E-state index is 11.7. The van der Waals surface area contributed by atoms with E-state index in [1.807, 2.05) is 6.26 Å². The van der Waals surface area contributed by atoms with Crippen molar-refractivity contribution in [1.29, 1.82) is 0 Å². The zero-order valence-electron chi connectivity index (χ0n) is 10.4. The topological polar surface area (TPSA) is 43.4 Å². The van der Waals surface area contributed by atoms with E-state index in [1.54, 1.807) is 25.1 Å². The molecule has 0 unspecified atom stereocenters. The summed E-state index contributed by atoms with van der Waals surface area (Å²) in [6.07, 6.45) is 2.15. The molecule has 0 atom stereocenters. The van der Waals surface area contributed by atoms with Crippen LogP contribution in [0.5, 0.6) is 0 Å². The number of rotatable bonds is 6. The number of halogens is 1. The van der Waals surface area contributed by atoms with Gasteiger partial charge < -0.3 is 4.74 Å².